The van der Waals surface area contributed by atoms with Gasteiger partial charge in [0, 0.05) is 38.1 Å². The van der Waals surface area contributed by atoms with Gasteiger partial charge in [0.25, 0.3) is 5.91 Å². The summed E-state index contributed by atoms with van der Waals surface area (Å²) in [5, 5.41) is 3.70. The second kappa shape index (κ2) is 7.27. The van der Waals surface area contributed by atoms with Crippen molar-refractivity contribution in [1.82, 2.24) is 10.1 Å². The van der Waals surface area contributed by atoms with Gasteiger partial charge in [0.05, 0.1) is 5.69 Å². The molecule has 1 amide bonds. The first kappa shape index (κ1) is 18.1. The molecule has 0 atom stereocenters. The molecule has 9 heteroatoms. The van der Waals surface area contributed by atoms with Crippen LogP contribution in [0.2, 0.25) is 0 Å². The number of likely N-dealkylation sites (tertiary alicyclic amines) is 1. The molecule has 0 saturated carbocycles. The van der Waals surface area contributed by atoms with Crippen LogP contribution in [-0.4, -0.2) is 41.5 Å². The molecule has 26 heavy (non-hydrogen) atoms. The third kappa shape index (κ3) is 4.68. The van der Waals surface area contributed by atoms with Gasteiger partial charge in [-0.15, -0.1) is 13.2 Å². The van der Waals surface area contributed by atoms with Gasteiger partial charge in [0.15, 0.2) is 0 Å². The number of amides is 1. The number of halogens is 3. The molecule has 2 aromatic rings. The van der Waals surface area contributed by atoms with Crippen LogP contribution in [0.5, 0.6) is 11.5 Å². The van der Waals surface area contributed by atoms with E-state index in [0.717, 1.165) is 0 Å². The SMILES string of the molecule is Cc1cc(C(=O)N2CCC(Oc3cccc(OC(F)(F)F)c3)CC2)on1. The van der Waals surface area contributed by atoms with Crippen molar-refractivity contribution in [2.75, 3.05) is 13.1 Å². The Morgan fingerprint density at radius 1 is 1.23 bits per heavy atom. The van der Waals surface area contributed by atoms with E-state index in [0.29, 0.717) is 37.4 Å². The van der Waals surface area contributed by atoms with Gasteiger partial charge in [-0.2, -0.15) is 0 Å². The molecule has 0 unspecified atom stereocenters. The van der Waals surface area contributed by atoms with Gasteiger partial charge >= 0.3 is 6.36 Å². The highest BCUT2D eigenvalue weighted by molar-refractivity contribution is 5.91. The summed E-state index contributed by atoms with van der Waals surface area (Å²) < 4.78 is 51.4. The van der Waals surface area contributed by atoms with Gasteiger partial charge in [-0.3, -0.25) is 4.79 Å². The van der Waals surface area contributed by atoms with Crippen LogP contribution >= 0.6 is 0 Å². The molecule has 0 bridgehead atoms. The molecular formula is C17H17F3N2O4. The van der Waals surface area contributed by atoms with Crippen molar-refractivity contribution < 1.29 is 32.0 Å². The van der Waals surface area contributed by atoms with Gasteiger partial charge in [-0.05, 0) is 19.1 Å². The van der Waals surface area contributed by atoms with Crippen LogP contribution in [0.15, 0.2) is 34.9 Å². The standard InChI is InChI=1S/C17H17F3N2O4/c1-11-9-15(26-21-11)16(23)22-7-5-12(6-8-22)24-13-3-2-4-14(10-13)25-17(18,19)20/h2-4,9-10,12H,5-8H2,1H3. The minimum absolute atomic E-state index is 0.193. The highest BCUT2D eigenvalue weighted by Crippen LogP contribution is 2.28. The van der Waals surface area contributed by atoms with Gasteiger partial charge in [-0.25, -0.2) is 0 Å². The van der Waals surface area contributed by atoms with E-state index in [9.17, 15) is 18.0 Å². The average molecular weight is 370 g/mol. The summed E-state index contributed by atoms with van der Waals surface area (Å²) in [6.07, 6.45) is -3.83. The fourth-order valence-electron chi connectivity index (χ4n) is 2.73. The van der Waals surface area contributed by atoms with Crippen molar-refractivity contribution in [1.29, 1.82) is 0 Å². The third-order valence-electron chi connectivity index (χ3n) is 3.91. The first-order chi connectivity index (χ1) is 12.3. The molecule has 0 N–H and O–H groups in total. The molecule has 0 radical (unpaired) electrons. The number of rotatable bonds is 4. The predicted molar refractivity (Wildman–Crippen MR) is 83.9 cm³/mol. The Balaban J connectivity index is 1.54. The third-order valence-corrected chi connectivity index (χ3v) is 3.91. The Morgan fingerprint density at radius 2 is 1.92 bits per heavy atom. The number of aryl methyl sites for hydroxylation is 1. The molecule has 1 saturated heterocycles. The average Bonchev–Trinajstić information content (AvgIpc) is 3.00. The lowest BCUT2D eigenvalue weighted by atomic mass is 10.1. The quantitative estimate of drug-likeness (QED) is 0.823. The van der Waals surface area contributed by atoms with Crippen LogP contribution in [0.25, 0.3) is 0 Å². The van der Waals surface area contributed by atoms with Crippen molar-refractivity contribution in [3.63, 3.8) is 0 Å². The van der Waals surface area contributed by atoms with Crippen molar-refractivity contribution in [2.24, 2.45) is 0 Å². The van der Waals surface area contributed by atoms with E-state index >= 15 is 0 Å². The molecule has 6 nitrogen and oxygen atoms in total. The minimum Gasteiger partial charge on any atom is -0.490 e. The maximum Gasteiger partial charge on any atom is 0.573 e. The number of aromatic nitrogens is 1. The molecule has 2 heterocycles. The largest absolute Gasteiger partial charge is 0.573 e. The molecule has 0 aliphatic carbocycles. The van der Waals surface area contributed by atoms with E-state index < -0.39 is 6.36 Å². The molecule has 1 aromatic heterocycles. The zero-order valence-corrected chi connectivity index (χ0v) is 14.0. The summed E-state index contributed by atoms with van der Waals surface area (Å²) in [5.74, 6) is -0.0748. The van der Waals surface area contributed by atoms with Crippen LogP contribution in [-0.2, 0) is 0 Å². The van der Waals surface area contributed by atoms with Crippen LogP contribution in [0.3, 0.4) is 0 Å². The summed E-state index contributed by atoms with van der Waals surface area (Å²) >= 11 is 0. The first-order valence-corrected chi connectivity index (χ1v) is 8.05. The summed E-state index contributed by atoms with van der Waals surface area (Å²) in [6, 6.07) is 6.99. The van der Waals surface area contributed by atoms with Crippen LogP contribution in [0.1, 0.15) is 29.1 Å². The maximum atomic E-state index is 12.3. The number of benzene rings is 1. The van der Waals surface area contributed by atoms with Crippen LogP contribution < -0.4 is 9.47 Å². The van der Waals surface area contributed by atoms with E-state index in [2.05, 4.69) is 9.89 Å². The summed E-state index contributed by atoms with van der Waals surface area (Å²) in [4.78, 5) is 13.9. The Labute approximate surface area is 147 Å². The summed E-state index contributed by atoms with van der Waals surface area (Å²) in [7, 11) is 0. The highest BCUT2D eigenvalue weighted by Gasteiger charge is 2.31. The molecule has 3 rings (SSSR count). The zero-order valence-electron chi connectivity index (χ0n) is 14.0. The van der Waals surface area contributed by atoms with Crippen molar-refractivity contribution in [3.8, 4) is 11.5 Å². The van der Waals surface area contributed by atoms with Crippen molar-refractivity contribution in [3.05, 3.63) is 41.8 Å². The number of hydrogen-bond donors (Lipinski definition) is 0. The number of alkyl halides is 3. The predicted octanol–water partition coefficient (Wildman–Crippen LogP) is 3.57. The van der Waals surface area contributed by atoms with Gasteiger partial charge in [0.1, 0.15) is 17.6 Å². The van der Waals surface area contributed by atoms with E-state index in [1.807, 2.05) is 0 Å². The number of ether oxygens (including phenoxy) is 2. The Hall–Kier alpha value is -2.71. The lowest BCUT2D eigenvalue weighted by Crippen LogP contribution is -2.41. The number of piperidine rings is 1. The molecule has 1 aliphatic rings. The van der Waals surface area contributed by atoms with Gasteiger partial charge in [-0.1, -0.05) is 11.2 Å². The van der Waals surface area contributed by atoms with E-state index in [1.165, 1.54) is 18.2 Å². The highest BCUT2D eigenvalue weighted by atomic mass is 19.4. The monoisotopic (exact) mass is 370 g/mol. The number of carbonyl (C=O) groups is 1. The van der Waals surface area contributed by atoms with Crippen LogP contribution in [0, 0.1) is 6.92 Å². The minimum atomic E-state index is -4.75. The molecule has 1 aromatic carbocycles. The number of carbonyl (C=O) groups excluding carboxylic acids is 1. The lowest BCUT2D eigenvalue weighted by molar-refractivity contribution is -0.274. The lowest BCUT2D eigenvalue weighted by Gasteiger charge is -2.31. The van der Waals surface area contributed by atoms with Crippen molar-refractivity contribution in [2.45, 2.75) is 32.2 Å². The molecule has 140 valence electrons. The van der Waals surface area contributed by atoms with E-state index in [-0.39, 0.29) is 23.5 Å². The second-order valence-corrected chi connectivity index (χ2v) is 5.96. The molecule has 0 spiro atoms. The van der Waals surface area contributed by atoms with Gasteiger partial charge < -0.3 is 18.9 Å². The fourth-order valence-corrected chi connectivity index (χ4v) is 2.73. The van der Waals surface area contributed by atoms with Crippen LogP contribution in [0.4, 0.5) is 13.2 Å². The first-order valence-electron chi connectivity index (χ1n) is 8.05. The zero-order chi connectivity index (χ0) is 18.7. The number of hydrogen-bond acceptors (Lipinski definition) is 5. The van der Waals surface area contributed by atoms with Gasteiger partial charge in [0.2, 0.25) is 5.76 Å². The topological polar surface area (TPSA) is 64.8 Å². The number of nitrogens with zero attached hydrogens (tertiary/aromatic N) is 2. The second-order valence-electron chi connectivity index (χ2n) is 5.96. The maximum absolute atomic E-state index is 12.3. The molecule has 1 fully saturated rings. The Bertz CT molecular complexity index is 767. The summed E-state index contributed by atoms with van der Waals surface area (Å²) in [5.41, 5.74) is 0.632. The molecular weight excluding hydrogens is 353 g/mol. The summed E-state index contributed by atoms with van der Waals surface area (Å²) in [6.45, 7) is 2.65. The van der Waals surface area contributed by atoms with E-state index in [4.69, 9.17) is 9.26 Å². The Kier molecular flexibility index (Phi) is 5.06. The fraction of sp³-hybridized carbons (Fsp3) is 0.412. The molecule has 1 aliphatic heterocycles. The normalized spacial score (nSPS) is 15.8. The smallest absolute Gasteiger partial charge is 0.490 e. The van der Waals surface area contributed by atoms with E-state index in [1.54, 1.807) is 24.0 Å². The van der Waals surface area contributed by atoms with Crippen molar-refractivity contribution >= 4 is 5.91 Å². The Morgan fingerprint density at radius 3 is 2.54 bits per heavy atom.